The molecule has 0 spiro atoms. The molecule has 1 aromatic carbocycles. The standard InChI is InChI=1S/C14H10BrFN2O6/c1-24-6-3-4(16)2-5(15)7(6)8-9(13(20)21)11(17)18-12(19)10(8)14(22)23/h2-3H,1H3,(H,20,21)(H,22,23)(H3,17,18,19). The van der Waals surface area contributed by atoms with Gasteiger partial charge in [-0.2, -0.15) is 0 Å². The van der Waals surface area contributed by atoms with E-state index in [1.54, 1.807) is 0 Å². The summed E-state index contributed by atoms with van der Waals surface area (Å²) in [5.41, 5.74) is 2.34. The Bertz CT molecular complexity index is 924. The van der Waals surface area contributed by atoms with Gasteiger partial charge in [0.1, 0.15) is 28.5 Å². The largest absolute Gasteiger partial charge is 0.496 e. The number of ether oxygens (including phenoxy) is 1. The third kappa shape index (κ3) is 2.83. The summed E-state index contributed by atoms with van der Waals surface area (Å²) >= 11 is 3.03. The number of nitrogens with two attached hydrogens (primary N) is 1. The van der Waals surface area contributed by atoms with Crippen molar-refractivity contribution in [3.05, 3.63) is 43.9 Å². The number of aromatic carboxylic acids is 2. The molecule has 0 aliphatic rings. The first kappa shape index (κ1) is 17.5. The Hall–Kier alpha value is -2.88. The van der Waals surface area contributed by atoms with E-state index in [1.807, 2.05) is 4.98 Å². The predicted octanol–water partition coefficient (Wildman–Crippen LogP) is 1.93. The van der Waals surface area contributed by atoms with Gasteiger partial charge in [-0.1, -0.05) is 0 Å². The molecule has 1 heterocycles. The molecular formula is C14H10BrFN2O6. The molecule has 5 N–H and O–H groups in total. The Balaban J connectivity index is 3.12. The molecule has 8 nitrogen and oxygen atoms in total. The Kier molecular flexibility index (Phi) is 4.60. The molecule has 0 amide bonds. The molecule has 2 aromatic rings. The van der Waals surface area contributed by atoms with Crippen LogP contribution in [0.2, 0.25) is 0 Å². The zero-order valence-corrected chi connectivity index (χ0v) is 13.6. The zero-order chi connectivity index (χ0) is 18.2. The van der Waals surface area contributed by atoms with Crippen LogP contribution in [0.1, 0.15) is 20.7 Å². The smallest absolute Gasteiger partial charge is 0.342 e. The van der Waals surface area contributed by atoms with Gasteiger partial charge in [0, 0.05) is 21.7 Å². The topological polar surface area (TPSA) is 143 Å². The predicted molar refractivity (Wildman–Crippen MR) is 85.0 cm³/mol. The van der Waals surface area contributed by atoms with E-state index in [0.717, 1.165) is 12.1 Å². The fraction of sp³-hybridized carbons (Fsp3) is 0.0714. The highest BCUT2D eigenvalue weighted by molar-refractivity contribution is 9.10. The van der Waals surface area contributed by atoms with Crippen LogP contribution in [0.25, 0.3) is 11.1 Å². The van der Waals surface area contributed by atoms with Crippen molar-refractivity contribution in [3.8, 4) is 16.9 Å². The molecular weight excluding hydrogens is 391 g/mol. The monoisotopic (exact) mass is 400 g/mol. The molecule has 0 atom stereocenters. The second-order valence-corrected chi connectivity index (χ2v) is 5.42. The molecule has 0 aliphatic carbocycles. The minimum atomic E-state index is -1.67. The molecule has 0 unspecified atom stereocenters. The van der Waals surface area contributed by atoms with Gasteiger partial charge in [-0.3, -0.25) is 4.79 Å². The van der Waals surface area contributed by atoms with Crippen LogP contribution in [0.4, 0.5) is 10.2 Å². The molecule has 0 bridgehead atoms. The summed E-state index contributed by atoms with van der Waals surface area (Å²) < 4.78 is 18.5. The first-order valence-electron chi connectivity index (χ1n) is 6.24. The van der Waals surface area contributed by atoms with E-state index in [2.05, 4.69) is 15.9 Å². The van der Waals surface area contributed by atoms with Crippen LogP contribution in [0.5, 0.6) is 5.75 Å². The van der Waals surface area contributed by atoms with Crippen molar-refractivity contribution in [1.29, 1.82) is 0 Å². The highest BCUT2D eigenvalue weighted by atomic mass is 79.9. The summed E-state index contributed by atoms with van der Waals surface area (Å²) in [6, 6.07) is 1.90. The number of nitrogen functional groups attached to an aromatic ring is 1. The highest BCUT2D eigenvalue weighted by Gasteiger charge is 2.30. The van der Waals surface area contributed by atoms with Gasteiger partial charge in [-0.05, 0) is 22.0 Å². The van der Waals surface area contributed by atoms with Crippen molar-refractivity contribution in [1.82, 2.24) is 4.98 Å². The number of methoxy groups -OCH3 is 1. The van der Waals surface area contributed by atoms with Gasteiger partial charge in [-0.25, -0.2) is 14.0 Å². The van der Waals surface area contributed by atoms with Gasteiger partial charge < -0.3 is 25.7 Å². The maximum Gasteiger partial charge on any atom is 0.342 e. The number of H-pyrrole nitrogens is 1. The minimum absolute atomic E-state index is 0.00523. The Labute approximate surface area is 141 Å². The number of hydrogen-bond acceptors (Lipinski definition) is 5. The summed E-state index contributed by atoms with van der Waals surface area (Å²) in [7, 11) is 1.18. The Morgan fingerprint density at radius 1 is 1.21 bits per heavy atom. The van der Waals surface area contributed by atoms with Crippen LogP contribution in [0.3, 0.4) is 0 Å². The average molecular weight is 401 g/mol. The van der Waals surface area contributed by atoms with Crippen LogP contribution < -0.4 is 16.0 Å². The summed E-state index contributed by atoms with van der Waals surface area (Å²) in [4.78, 5) is 37.0. The van der Waals surface area contributed by atoms with Crippen molar-refractivity contribution in [2.24, 2.45) is 0 Å². The van der Waals surface area contributed by atoms with Gasteiger partial charge in [-0.15, -0.1) is 0 Å². The lowest BCUT2D eigenvalue weighted by atomic mass is 9.94. The number of aromatic nitrogens is 1. The maximum absolute atomic E-state index is 13.6. The molecule has 126 valence electrons. The van der Waals surface area contributed by atoms with Crippen molar-refractivity contribution < 1.29 is 28.9 Å². The Morgan fingerprint density at radius 2 is 1.79 bits per heavy atom. The molecule has 0 radical (unpaired) electrons. The number of anilines is 1. The van der Waals surface area contributed by atoms with Crippen LogP contribution in [-0.4, -0.2) is 34.2 Å². The van der Waals surface area contributed by atoms with Crippen LogP contribution in [0, 0.1) is 5.82 Å². The summed E-state index contributed by atoms with van der Waals surface area (Å²) in [6.45, 7) is 0. The van der Waals surface area contributed by atoms with Crippen LogP contribution >= 0.6 is 15.9 Å². The van der Waals surface area contributed by atoms with E-state index in [9.17, 15) is 29.0 Å². The lowest BCUT2D eigenvalue weighted by Gasteiger charge is -2.16. The first-order valence-corrected chi connectivity index (χ1v) is 7.04. The van der Waals surface area contributed by atoms with Gasteiger partial charge in [0.15, 0.2) is 0 Å². The van der Waals surface area contributed by atoms with E-state index < -0.39 is 45.8 Å². The lowest BCUT2D eigenvalue weighted by molar-refractivity contribution is 0.0695. The second-order valence-electron chi connectivity index (χ2n) is 4.57. The number of rotatable bonds is 4. The minimum Gasteiger partial charge on any atom is -0.496 e. The quantitative estimate of drug-likeness (QED) is 0.613. The third-order valence-electron chi connectivity index (χ3n) is 3.16. The zero-order valence-electron chi connectivity index (χ0n) is 12.0. The number of hydrogen-bond donors (Lipinski definition) is 4. The van der Waals surface area contributed by atoms with E-state index in [0.29, 0.717) is 0 Å². The van der Waals surface area contributed by atoms with E-state index >= 15 is 0 Å². The molecule has 0 fully saturated rings. The van der Waals surface area contributed by atoms with E-state index in [-0.39, 0.29) is 15.8 Å². The Morgan fingerprint density at radius 3 is 2.29 bits per heavy atom. The van der Waals surface area contributed by atoms with Crippen molar-refractivity contribution in [2.75, 3.05) is 12.8 Å². The molecule has 0 saturated carbocycles. The van der Waals surface area contributed by atoms with Crippen molar-refractivity contribution >= 4 is 33.7 Å². The maximum atomic E-state index is 13.6. The average Bonchev–Trinajstić information content (AvgIpc) is 2.44. The van der Waals surface area contributed by atoms with Gasteiger partial charge in [0.05, 0.1) is 7.11 Å². The van der Waals surface area contributed by atoms with Crippen LogP contribution in [0.15, 0.2) is 21.4 Å². The molecule has 10 heteroatoms. The third-order valence-corrected chi connectivity index (χ3v) is 3.79. The molecule has 1 aromatic heterocycles. The second kappa shape index (κ2) is 6.32. The molecule has 0 saturated heterocycles. The fourth-order valence-corrected chi connectivity index (χ4v) is 2.86. The lowest BCUT2D eigenvalue weighted by Crippen LogP contribution is -2.24. The number of carboxylic acid groups (broad SMARTS) is 2. The SMILES string of the molecule is COc1cc(F)cc(Br)c1-c1c(C(=O)O)c(N)[nH]c(=O)c1C(=O)O. The number of carboxylic acids is 2. The first-order chi connectivity index (χ1) is 11.2. The summed E-state index contributed by atoms with van der Waals surface area (Å²) in [5.74, 6) is -4.66. The number of benzene rings is 1. The number of carbonyl (C=O) groups is 2. The van der Waals surface area contributed by atoms with Crippen molar-refractivity contribution in [2.45, 2.75) is 0 Å². The number of halogens is 2. The molecule has 2 rings (SSSR count). The highest BCUT2D eigenvalue weighted by Crippen LogP contribution is 2.41. The van der Waals surface area contributed by atoms with E-state index in [4.69, 9.17) is 10.5 Å². The summed E-state index contributed by atoms with van der Waals surface area (Å²) in [5, 5.41) is 18.7. The van der Waals surface area contributed by atoms with Gasteiger partial charge >= 0.3 is 11.9 Å². The summed E-state index contributed by atoms with van der Waals surface area (Å²) in [6.07, 6.45) is 0. The van der Waals surface area contributed by atoms with Crippen LogP contribution in [-0.2, 0) is 0 Å². The molecule has 24 heavy (non-hydrogen) atoms. The van der Waals surface area contributed by atoms with E-state index in [1.165, 1.54) is 7.11 Å². The number of pyridine rings is 1. The molecule has 0 aliphatic heterocycles. The normalized spacial score (nSPS) is 10.5. The fourth-order valence-electron chi connectivity index (χ4n) is 2.25. The van der Waals surface area contributed by atoms with Gasteiger partial charge in [0.25, 0.3) is 5.56 Å². The van der Waals surface area contributed by atoms with Gasteiger partial charge in [0.2, 0.25) is 0 Å². The van der Waals surface area contributed by atoms with Crippen molar-refractivity contribution in [3.63, 3.8) is 0 Å². The number of nitrogens with one attached hydrogen (secondary N) is 1. The number of aromatic amines is 1.